The number of nitrogens with zero attached hydrogens (tertiary/aromatic N) is 2. The van der Waals surface area contributed by atoms with E-state index in [1.54, 1.807) is 12.3 Å². The van der Waals surface area contributed by atoms with Gasteiger partial charge in [0.15, 0.2) is 0 Å². The molecule has 0 N–H and O–H groups in total. The maximum absolute atomic E-state index is 6.04. The number of hydrazone groups is 1. The minimum absolute atomic E-state index is 0.543. The summed E-state index contributed by atoms with van der Waals surface area (Å²) in [6.45, 7) is 3.07. The molecule has 0 saturated carbocycles. The second kappa shape index (κ2) is 5.53. The third kappa shape index (κ3) is 2.88. The summed E-state index contributed by atoms with van der Waals surface area (Å²) in [5.74, 6) is 0. The third-order valence-corrected chi connectivity index (χ3v) is 3.16. The van der Waals surface area contributed by atoms with E-state index in [0.29, 0.717) is 10.0 Å². The molecular weight excluding hydrogens is 247 g/mol. The normalized spacial score (nSPS) is 17.0. The van der Waals surface area contributed by atoms with Crippen molar-refractivity contribution in [2.24, 2.45) is 5.10 Å². The van der Waals surface area contributed by atoms with Crippen LogP contribution in [0.1, 0.15) is 5.56 Å². The van der Waals surface area contributed by atoms with Crippen LogP contribution in [0.5, 0.6) is 0 Å². The molecule has 1 heterocycles. The fourth-order valence-corrected chi connectivity index (χ4v) is 1.79. The van der Waals surface area contributed by atoms with E-state index in [4.69, 9.17) is 27.9 Å². The van der Waals surface area contributed by atoms with E-state index in [-0.39, 0.29) is 0 Å². The Morgan fingerprint density at radius 2 is 2.00 bits per heavy atom. The molecule has 0 spiro atoms. The van der Waals surface area contributed by atoms with Gasteiger partial charge in [0.2, 0.25) is 0 Å². The molecule has 0 aromatic heterocycles. The fraction of sp³-hybridized carbons (Fsp3) is 0.364. The van der Waals surface area contributed by atoms with Crippen LogP contribution in [-0.4, -0.2) is 37.5 Å². The van der Waals surface area contributed by atoms with E-state index in [1.807, 2.05) is 17.1 Å². The number of benzene rings is 1. The molecule has 1 aliphatic rings. The van der Waals surface area contributed by atoms with Crippen LogP contribution in [0.15, 0.2) is 23.3 Å². The second-order valence-corrected chi connectivity index (χ2v) is 4.24. The van der Waals surface area contributed by atoms with Crippen molar-refractivity contribution >= 4 is 29.4 Å². The van der Waals surface area contributed by atoms with Crippen LogP contribution in [0.2, 0.25) is 10.0 Å². The quantitative estimate of drug-likeness (QED) is 0.763. The molecule has 16 heavy (non-hydrogen) atoms. The van der Waals surface area contributed by atoms with Crippen molar-refractivity contribution in [3.8, 4) is 0 Å². The minimum Gasteiger partial charge on any atom is -0.378 e. The zero-order chi connectivity index (χ0) is 11.4. The fourth-order valence-electron chi connectivity index (χ4n) is 1.43. The lowest BCUT2D eigenvalue weighted by molar-refractivity contribution is 0.0397. The van der Waals surface area contributed by atoms with Gasteiger partial charge in [-0.05, 0) is 6.07 Å². The number of halogens is 2. The number of morpholine rings is 1. The van der Waals surface area contributed by atoms with E-state index in [2.05, 4.69) is 5.10 Å². The number of ether oxygens (including phenoxy) is 1. The first-order valence-electron chi connectivity index (χ1n) is 5.08. The summed E-state index contributed by atoms with van der Waals surface area (Å²) in [6.07, 6.45) is 1.74. The summed E-state index contributed by atoms with van der Waals surface area (Å²) in [4.78, 5) is 0. The smallest absolute Gasteiger partial charge is 0.0680 e. The molecule has 1 aromatic carbocycles. The molecule has 1 aromatic rings. The summed E-state index contributed by atoms with van der Waals surface area (Å²) in [5, 5.41) is 7.39. The second-order valence-electron chi connectivity index (χ2n) is 3.45. The third-order valence-electron chi connectivity index (χ3n) is 2.33. The van der Waals surface area contributed by atoms with Crippen LogP contribution < -0.4 is 0 Å². The average molecular weight is 259 g/mol. The number of hydrogen-bond donors (Lipinski definition) is 0. The lowest BCUT2D eigenvalue weighted by atomic mass is 10.2. The van der Waals surface area contributed by atoms with Gasteiger partial charge in [-0.25, -0.2) is 0 Å². The standard InChI is InChI=1S/C11H12Cl2N2O/c12-10-3-1-2-9(11(10)13)8-14-15-4-6-16-7-5-15/h1-3,8H,4-7H2. The Morgan fingerprint density at radius 1 is 1.25 bits per heavy atom. The van der Waals surface area contributed by atoms with Gasteiger partial charge >= 0.3 is 0 Å². The predicted octanol–water partition coefficient (Wildman–Crippen LogP) is 2.66. The van der Waals surface area contributed by atoms with Crippen molar-refractivity contribution < 1.29 is 4.74 Å². The van der Waals surface area contributed by atoms with Gasteiger partial charge in [0.05, 0.1) is 42.6 Å². The van der Waals surface area contributed by atoms with Crippen molar-refractivity contribution in [1.82, 2.24) is 5.01 Å². The summed E-state index contributed by atoms with van der Waals surface area (Å²) >= 11 is 12.0. The molecule has 0 amide bonds. The van der Waals surface area contributed by atoms with Crippen LogP contribution in [0, 0.1) is 0 Å². The van der Waals surface area contributed by atoms with Crippen LogP contribution in [0.25, 0.3) is 0 Å². The Bertz CT molecular complexity index is 390. The van der Waals surface area contributed by atoms with Crippen molar-refractivity contribution in [1.29, 1.82) is 0 Å². The van der Waals surface area contributed by atoms with Crippen molar-refractivity contribution in [2.75, 3.05) is 26.3 Å². The first kappa shape index (κ1) is 11.7. The van der Waals surface area contributed by atoms with Gasteiger partial charge in [-0.2, -0.15) is 5.10 Å². The molecule has 0 bridgehead atoms. The topological polar surface area (TPSA) is 24.8 Å². The lowest BCUT2D eigenvalue weighted by Gasteiger charge is -2.23. The maximum Gasteiger partial charge on any atom is 0.0680 e. The molecule has 3 nitrogen and oxygen atoms in total. The first-order valence-corrected chi connectivity index (χ1v) is 5.83. The Morgan fingerprint density at radius 3 is 2.75 bits per heavy atom. The van der Waals surface area contributed by atoms with E-state index >= 15 is 0 Å². The lowest BCUT2D eigenvalue weighted by Crippen LogP contribution is -2.32. The summed E-state index contributed by atoms with van der Waals surface area (Å²) in [7, 11) is 0. The van der Waals surface area contributed by atoms with E-state index < -0.39 is 0 Å². The Kier molecular flexibility index (Phi) is 4.04. The molecule has 0 atom stereocenters. The molecular formula is C11H12Cl2N2O. The van der Waals surface area contributed by atoms with Crippen molar-refractivity contribution in [2.45, 2.75) is 0 Å². The monoisotopic (exact) mass is 258 g/mol. The van der Waals surface area contributed by atoms with Gasteiger partial charge in [0, 0.05) is 5.56 Å². The molecule has 1 fully saturated rings. The van der Waals surface area contributed by atoms with E-state index in [9.17, 15) is 0 Å². The molecule has 0 aliphatic carbocycles. The minimum atomic E-state index is 0.543. The molecule has 1 aliphatic heterocycles. The highest BCUT2D eigenvalue weighted by Gasteiger charge is 2.07. The molecule has 2 rings (SSSR count). The number of rotatable bonds is 2. The molecule has 86 valence electrons. The van der Waals surface area contributed by atoms with Gasteiger partial charge in [0.1, 0.15) is 0 Å². The molecule has 0 radical (unpaired) electrons. The first-order chi connectivity index (χ1) is 7.77. The van der Waals surface area contributed by atoms with Crippen LogP contribution >= 0.6 is 23.2 Å². The summed E-state index contributed by atoms with van der Waals surface area (Å²) in [5.41, 5.74) is 0.834. The molecule has 1 saturated heterocycles. The van der Waals surface area contributed by atoms with Crippen molar-refractivity contribution in [3.05, 3.63) is 33.8 Å². The van der Waals surface area contributed by atoms with Crippen LogP contribution in [0.4, 0.5) is 0 Å². The van der Waals surface area contributed by atoms with Gasteiger partial charge in [-0.15, -0.1) is 0 Å². The summed E-state index contributed by atoms with van der Waals surface area (Å²) in [6, 6.07) is 5.50. The highest BCUT2D eigenvalue weighted by atomic mass is 35.5. The SMILES string of the molecule is Clc1cccc(C=NN2CCOCC2)c1Cl. The van der Waals surface area contributed by atoms with E-state index in [0.717, 1.165) is 31.9 Å². The zero-order valence-electron chi connectivity index (χ0n) is 8.70. The highest BCUT2D eigenvalue weighted by molar-refractivity contribution is 6.43. The van der Waals surface area contributed by atoms with Gasteiger partial charge < -0.3 is 4.74 Å². The molecule has 5 heteroatoms. The van der Waals surface area contributed by atoms with E-state index in [1.165, 1.54) is 0 Å². The molecule has 0 unspecified atom stereocenters. The Labute approximate surface area is 105 Å². The number of hydrogen-bond acceptors (Lipinski definition) is 3. The highest BCUT2D eigenvalue weighted by Crippen LogP contribution is 2.24. The van der Waals surface area contributed by atoms with Crippen molar-refractivity contribution in [3.63, 3.8) is 0 Å². The summed E-state index contributed by atoms with van der Waals surface area (Å²) < 4.78 is 5.23. The zero-order valence-corrected chi connectivity index (χ0v) is 10.2. The Balaban J connectivity index is 2.07. The van der Waals surface area contributed by atoms with Gasteiger partial charge in [-0.1, -0.05) is 35.3 Å². The predicted molar refractivity (Wildman–Crippen MR) is 66.4 cm³/mol. The van der Waals surface area contributed by atoms with Crippen LogP contribution in [0.3, 0.4) is 0 Å². The largest absolute Gasteiger partial charge is 0.378 e. The van der Waals surface area contributed by atoms with Gasteiger partial charge in [0.25, 0.3) is 0 Å². The Hall–Kier alpha value is -0.770. The van der Waals surface area contributed by atoms with Crippen LogP contribution in [-0.2, 0) is 4.74 Å². The average Bonchev–Trinajstić information content (AvgIpc) is 2.32. The maximum atomic E-state index is 6.04. The van der Waals surface area contributed by atoms with Gasteiger partial charge in [-0.3, -0.25) is 5.01 Å².